The number of carbonyl (C=O) groups is 2. The van der Waals surface area contributed by atoms with Gasteiger partial charge in [-0.3, -0.25) is 9.59 Å². The number of carboxylic acids is 1. The molecule has 7 nitrogen and oxygen atoms in total. The maximum atomic E-state index is 13.1. The number of rotatable bonds is 8. The molecule has 0 saturated heterocycles. The molecule has 0 saturated carbocycles. The van der Waals surface area contributed by atoms with E-state index in [0.717, 1.165) is 32.0 Å². The molecule has 0 bridgehead atoms. The molecule has 0 radical (unpaired) electrons. The highest BCUT2D eigenvalue weighted by Crippen LogP contribution is 2.40. The molecule has 1 aliphatic carbocycles. The number of nitrogens with zero attached hydrogens (tertiary/aromatic N) is 1. The van der Waals surface area contributed by atoms with Gasteiger partial charge in [-0.25, -0.2) is 4.98 Å². The van der Waals surface area contributed by atoms with Gasteiger partial charge in [-0.15, -0.1) is 11.3 Å². The molecule has 0 fully saturated rings. The molecule has 8 heteroatoms. The second-order valence-corrected chi connectivity index (χ2v) is 8.78. The maximum absolute atomic E-state index is 13.1. The Morgan fingerprint density at radius 2 is 1.90 bits per heavy atom. The second-order valence-electron chi connectivity index (χ2n) is 7.66. The number of benzene rings is 2. The number of nitrogens with two attached hydrogens (primary N) is 1. The summed E-state index contributed by atoms with van der Waals surface area (Å²) in [5.41, 5.74) is 8.49. The Labute approximate surface area is 178 Å². The predicted molar refractivity (Wildman–Crippen MR) is 118 cm³/mol. The Hall–Kier alpha value is -2.97. The number of aliphatic carboxylic acids is 1. The number of nitrogens with one attached hydrogen (secondary N) is 2. The molecule has 30 heavy (non-hydrogen) atoms. The minimum absolute atomic E-state index is 0.191. The molecule has 0 atom stereocenters. The third-order valence-electron chi connectivity index (χ3n) is 5.45. The number of carboxylic acid groups (broad SMARTS) is 1. The minimum atomic E-state index is -0.963. The summed E-state index contributed by atoms with van der Waals surface area (Å²) in [5.74, 6) is -1.19. The van der Waals surface area contributed by atoms with E-state index in [2.05, 4.69) is 15.6 Å². The molecule has 3 aromatic rings. The largest absolute Gasteiger partial charge is 0.481 e. The highest BCUT2D eigenvalue weighted by atomic mass is 32.1. The topological polar surface area (TPSA) is 117 Å². The van der Waals surface area contributed by atoms with Crippen LogP contribution in [0.25, 0.3) is 10.2 Å². The monoisotopic (exact) mass is 424 g/mol. The fraction of sp³-hybridized carbons (Fsp3) is 0.318. The van der Waals surface area contributed by atoms with Crippen molar-refractivity contribution in [2.45, 2.75) is 25.8 Å². The third-order valence-corrected chi connectivity index (χ3v) is 6.49. The predicted octanol–water partition coefficient (Wildman–Crippen LogP) is 2.54. The lowest BCUT2D eigenvalue weighted by atomic mass is 9.80. The zero-order valence-electron chi connectivity index (χ0n) is 16.5. The Morgan fingerprint density at radius 1 is 1.17 bits per heavy atom. The van der Waals surface area contributed by atoms with Crippen molar-refractivity contribution in [1.29, 1.82) is 0 Å². The van der Waals surface area contributed by atoms with Crippen molar-refractivity contribution in [3.63, 3.8) is 0 Å². The van der Waals surface area contributed by atoms with E-state index < -0.39 is 11.4 Å². The summed E-state index contributed by atoms with van der Waals surface area (Å²) in [4.78, 5) is 29.2. The highest BCUT2D eigenvalue weighted by molar-refractivity contribution is 7.18. The summed E-state index contributed by atoms with van der Waals surface area (Å²) >= 11 is 1.52. The summed E-state index contributed by atoms with van der Waals surface area (Å²) in [6.07, 6.45) is 0.693. The third kappa shape index (κ3) is 4.15. The van der Waals surface area contributed by atoms with Gasteiger partial charge in [0.2, 0.25) is 5.91 Å². The van der Waals surface area contributed by atoms with Gasteiger partial charge in [0.25, 0.3) is 0 Å². The summed E-state index contributed by atoms with van der Waals surface area (Å²) in [5, 5.41) is 16.4. The first-order valence-electron chi connectivity index (χ1n) is 9.89. The van der Waals surface area contributed by atoms with E-state index in [1.165, 1.54) is 11.3 Å². The SMILES string of the molecule is NCCNc1ccc2sc(CNC(=O)C3(CC(=O)O)Cc4ccccc4C3)nc2c1. The van der Waals surface area contributed by atoms with Gasteiger partial charge in [-0.05, 0) is 42.2 Å². The van der Waals surface area contributed by atoms with Crippen LogP contribution in [-0.2, 0) is 29.0 Å². The first kappa shape index (κ1) is 20.3. The number of hydrogen-bond donors (Lipinski definition) is 4. The number of hydrogen-bond acceptors (Lipinski definition) is 6. The lowest BCUT2D eigenvalue weighted by Gasteiger charge is -2.25. The summed E-state index contributed by atoms with van der Waals surface area (Å²) in [7, 11) is 0. The van der Waals surface area contributed by atoms with E-state index in [0.29, 0.717) is 25.9 Å². The van der Waals surface area contributed by atoms with E-state index in [-0.39, 0.29) is 18.9 Å². The van der Waals surface area contributed by atoms with Crippen LogP contribution in [0.15, 0.2) is 42.5 Å². The molecule has 0 aliphatic heterocycles. The van der Waals surface area contributed by atoms with E-state index in [1.807, 2.05) is 42.5 Å². The molecule has 1 heterocycles. The van der Waals surface area contributed by atoms with Crippen LogP contribution >= 0.6 is 11.3 Å². The number of amides is 1. The van der Waals surface area contributed by atoms with Crippen LogP contribution < -0.4 is 16.4 Å². The number of carbonyl (C=O) groups excluding carboxylic acids is 1. The quantitative estimate of drug-likeness (QED) is 0.441. The van der Waals surface area contributed by atoms with Crippen LogP contribution in [0.2, 0.25) is 0 Å². The molecular formula is C22H24N4O3S. The number of anilines is 1. The minimum Gasteiger partial charge on any atom is -0.481 e. The van der Waals surface area contributed by atoms with Gasteiger partial charge in [-0.2, -0.15) is 0 Å². The molecule has 2 aromatic carbocycles. The zero-order chi connectivity index (χ0) is 21.1. The number of aromatic nitrogens is 1. The Bertz CT molecular complexity index is 1070. The van der Waals surface area contributed by atoms with E-state index >= 15 is 0 Å². The molecule has 1 aliphatic rings. The maximum Gasteiger partial charge on any atom is 0.304 e. The number of thiazole rings is 1. The molecule has 5 N–H and O–H groups in total. The molecule has 1 aromatic heterocycles. The van der Waals surface area contributed by atoms with Crippen LogP contribution in [0.3, 0.4) is 0 Å². The van der Waals surface area contributed by atoms with Crippen LogP contribution in [0.1, 0.15) is 22.6 Å². The molecule has 4 rings (SSSR count). The van der Waals surface area contributed by atoms with Gasteiger partial charge in [0.05, 0.1) is 28.6 Å². The van der Waals surface area contributed by atoms with Crippen LogP contribution in [0.4, 0.5) is 5.69 Å². The smallest absolute Gasteiger partial charge is 0.304 e. The molecule has 156 valence electrons. The fourth-order valence-corrected chi connectivity index (χ4v) is 4.96. The number of fused-ring (bicyclic) bond motifs is 2. The molecular weight excluding hydrogens is 400 g/mol. The lowest BCUT2D eigenvalue weighted by molar-refractivity contribution is -0.145. The van der Waals surface area contributed by atoms with Gasteiger partial charge in [-0.1, -0.05) is 24.3 Å². The Kier molecular flexibility index (Phi) is 5.69. The van der Waals surface area contributed by atoms with Crippen molar-refractivity contribution in [3.05, 3.63) is 58.6 Å². The van der Waals surface area contributed by atoms with Crippen LogP contribution in [0, 0.1) is 5.41 Å². The average Bonchev–Trinajstić information content (AvgIpc) is 3.30. The van der Waals surface area contributed by atoms with Crippen molar-refractivity contribution in [3.8, 4) is 0 Å². The van der Waals surface area contributed by atoms with Crippen molar-refractivity contribution in [1.82, 2.24) is 10.3 Å². The second kappa shape index (κ2) is 8.41. The van der Waals surface area contributed by atoms with Crippen LogP contribution in [0.5, 0.6) is 0 Å². The molecule has 1 amide bonds. The summed E-state index contributed by atoms with van der Waals surface area (Å²) < 4.78 is 1.03. The van der Waals surface area contributed by atoms with E-state index in [4.69, 9.17) is 5.73 Å². The summed E-state index contributed by atoms with van der Waals surface area (Å²) in [6.45, 7) is 1.52. The van der Waals surface area contributed by atoms with Gasteiger partial charge in [0, 0.05) is 18.8 Å². The first-order valence-corrected chi connectivity index (χ1v) is 10.7. The van der Waals surface area contributed by atoms with E-state index in [9.17, 15) is 14.7 Å². The van der Waals surface area contributed by atoms with Gasteiger partial charge in [0.15, 0.2) is 0 Å². The first-order chi connectivity index (χ1) is 14.5. The fourth-order valence-electron chi connectivity index (χ4n) is 4.07. The average molecular weight is 425 g/mol. The van der Waals surface area contributed by atoms with Crippen molar-refractivity contribution < 1.29 is 14.7 Å². The molecule has 0 unspecified atom stereocenters. The van der Waals surface area contributed by atoms with E-state index in [1.54, 1.807) is 0 Å². The van der Waals surface area contributed by atoms with Gasteiger partial charge < -0.3 is 21.5 Å². The van der Waals surface area contributed by atoms with Crippen LogP contribution in [-0.4, -0.2) is 35.1 Å². The Morgan fingerprint density at radius 3 is 2.57 bits per heavy atom. The van der Waals surface area contributed by atoms with Gasteiger partial charge in [0.1, 0.15) is 5.01 Å². The van der Waals surface area contributed by atoms with Crippen molar-refractivity contribution in [2.75, 3.05) is 18.4 Å². The molecule has 0 spiro atoms. The lowest BCUT2D eigenvalue weighted by Crippen LogP contribution is -2.43. The van der Waals surface area contributed by atoms with Crippen molar-refractivity contribution >= 4 is 39.1 Å². The summed E-state index contributed by atoms with van der Waals surface area (Å²) in [6, 6.07) is 13.7. The normalized spacial score (nSPS) is 14.4. The standard InChI is InChI=1S/C22H24N4O3S/c23-7-8-24-16-5-6-18-17(9-16)26-19(30-18)13-25-21(29)22(12-20(27)28)10-14-3-1-2-4-15(14)11-22/h1-6,9,24H,7-8,10-13,23H2,(H,25,29)(H,27,28). The van der Waals surface area contributed by atoms with Crippen molar-refractivity contribution in [2.24, 2.45) is 11.1 Å². The van der Waals surface area contributed by atoms with Gasteiger partial charge >= 0.3 is 5.97 Å². The highest BCUT2D eigenvalue weighted by Gasteiger charge is 2.45. The Balaban J connectivity index is 1.48. The zero-order valence-corrected chi connectivity index (χ0v) is 17.3.